The molecule has 15 heavy (non-hydrogen) atoms. The Labute approximate surface area is 94.3 Å². The molecule has 0 saturated heterocycles. The second-order valence-electron chi connectivity index (χ2n) is 5.19. The van der Waals surface area contributed by atoms with E-state index in [1.54, 1.807) is 0 Å². The summed E-state index contributed by atoms with van der Waals surface area (Å²) in [5.74, 6) is 0. The summed E-state index contributed by atoms with van der Waals surface area (Å²) in [6, 6.07) is 1.60. The molecule has 0 radical (unpaired) electrons. The van der Waals surface area contributed by atoms with Gasteiger partial charge in [0.15, 0.2) is 0 Å². The first kappa shape index (κ1) is 11.2. The highest BCUT2D eigenvalue weighted by Crippen LogP contribution is 2.19. The van der Waals surface area contributed by atoms with Crippen molar-refractivity contribution in [2.45, 2.75) is 76.3 Å². The van der Waals surface area contributed by atoms with Crippen molar-refractivity contribution in [1.82, 2.24) is 5.32 Å². The molecule has 0 aliphatic heterocycles. The minimum atomic E-state index is 0.777. The Kier molecular flexibility index (Phi) is 4.72. The zero-order valence-corrected chi connectivity index (χ0v) is 9.88. The maximum atomic E-state index is 3.87. The van der Waals surface area contributed by atoms with Crippen LogP contribution >= 0.6 is 0 Å². The Morgan fingerprint density at radius 3 is 2.13 bits per heavy atom. The van der Waals surface area contributed by atoms with E-state index in [0.29, 0.717) is 0 Å². The molecule has 0 spiro atoms. The third-order valence-corrected chi connectivity index (χ3v) is 3.85. The van der Waals surface area contributed by atoms with E-state index in [0.717, 1.165) is 12.1 Å². The summed E-state index contributed by atoms with van der Waals surface area (Å²) in [7, 11) is 0. The monoisotopic (exact) mass is 207 g/mol. The predicted octanol–water partition coefficient (Wildman–Crippen LogP) is 3.80. The van der Waals surface area contributed by atoms with Crippen LogP contribution in [-0.4, -0.2) is 12.1 Å². The van der Waals surface area contributed by atoms with Crippen molar-refractivity contribution in [2.24, 2.45) is 0 Å². The lowest BCUT2D eigenvalue weighted by atomic mass is 9.94. The van der Waals surface area contributed by atoms with Gasteiger partial charge in [0.05, 0.1) is 0 Å². The average molecular weight is 207 g/mol. The maximum Gasteiger partial charge on any atom is 0.0107 e. The van der Waals surface area contributed by atoms with Gasteiger partial charge in [-0.3, -0.25) is 0 Å². The lowest BCUT2D eigenvalue weighted by molar-refractivity contribution is 0.339. The highest BCUT2D eigenvalue weighted by molar-refractivity contribution is 4.93. The van der Waals surface area contributed by atoms with Gasteiger partial charge in [0.25, 0.3) is 0 Å². The van der Waals surface area contributed by atoms with Crippen molar-refractivity contribution in [3.05, 3.63) is 12.2 Å². The van der Waals surface area contributed by atoms with E-state index in [4.69, 9.17) is 0 Å². The molecule has 0 bridgehead atoms. The fourth-order valence-corrected chi connectivity index (χ4v) is 2.90. The lowest BCUT2D eigenvalue weighted by Crippen LogP contribution is -2.39. The lowest BCUT2D eigenvalue weighted by Gasteiger charge is -2.27. The van der Waals surface area contributed by atoms with Gasteiger partial charge in [-0.05, 0) is 32.1 Å². The zero-order valence-electron chi connectivity index (χ0n) is 9.88. The minimum Gasteiger partial charge on any atom is -0.311 e. The van der Waals surface area contributed by atoms with Gasteiger partial charge in [-0.25, -0.2) is 0 Å². The number of hydrogen-bond donors (Lipinski definition) is 1. The van der Waals surface area contributed by atoms with E-state index >= 15 is 0 Å². The van der Waals surface area contributed by atoms with Crippen molar-refractivity contribution in [2.75, 3.05) is 0 Å². The molecule has 1 heteroatoms. The zero-order chi connectivity index (χ0) is 10.3. The van der Waals surface area contributed by atoms with Crippen LogP contribution in [0, 0.1) is 0 Å². The summed E-state index contributed by atoms with van der Waals surface area (Å²) in [4.78, 5) is 0. The highest BCUT2D eigenvalue weighted by Gasteiger charge is 2.16. The van der Waals surface area contributed by atoms with Crippen LogP contribution in [-0.2, 0) is 0 Å². The van der Waals surface area contributed by atoms with Crippen LogP contribution in [0.5, 0.6) is 0 Å². The summed E-state index contributed by atoms with van der Waals surface area (Å²) in [5.41, 5.74) is 0. The van der Waals surface area contributed by atoms with E-state index in [9.17, 15) is 0 Å². The maximum absolute atomic E-state index is 3.87. The largest absolute Gasteiger partial charge is 0.311 e. The average Bonchev–Trinajstić information content (AvgIpc) is 2.23. The fourth-order valence-electron chi connectivity index (χ4n) is 2.90. The molecule has 0 heterocycles. The van der Waals surface area contributed by atoms with E-state index in [1.165, 1.54) is 64.2 Å². The molecule has 1 saturated carbocycles. The third kappa shape index (κ3) is 3.98. The quantitative estimate of drug-likeness (QED) is 0.679. The molecule has 0 aromatic carbocycles. The number of nitrogens with one attached hydrogen (secondary N) is 1. The first-order chi connectivity index (χ1) is 7.45. The van der Waals surface area contributed by atoms with Crippen LogP contribution in [0.2, 0.25) is 0 Å². The van der Waals surface area contributed by atoms with Crippen LogP contribution in [0.4, 0.5) is 0 Å². The third-order valence-electron chi connectivity index (χ3n) is 3.85. The molecule has 2 rings (SSSR count). The first-order valence-electron chi connectivity index (χ1n) is 6.86. The molecule has 1 N–H and O–H groups in total. The van der Waals surface area contributed by atoms with Crippen LogP contribution in [0.3, 0.4) is 0 Å². The van der Waals surface area contributed by atoms with Gasteiger partial charge in [0, 0.05) is 12.1 Å². The van der Waals surface area contributed by atoms with Gasteiger partial charge in [0.1, 0.15) is 0 Å². The minimum absolute atomic E-state index is 0.777. The smallest absolute Gasteiger partial charge is 0.0107 e. The number of hydrogen-bond acceptors (Lipinski definition) is 1. The van der Waals surface area contributed by atoms with Crippen molar-refractivity contribution in [3.63, 3.8) is 0 Å². The second kappa shape index (κ2) is 6.32. The highest BCUT2D eigenvalue weighted by atomic mass is 14.9. The molecule has 1 atom stereocenters. The van der Waals surface area contributed by atoms with Crippen molar-refractivity contribution in [3.8, 4) is 0 Å². The van der Waals surface area contributed by atoms with Crippen LogP contribution < -0.4 is 5.32 Å². The van der Waals surface area contributed by atoms with Gasteiger partial charge >= 0.3 is 0 Å². The van der Waals surface area contributed by atoms with Crippen LogP contribution in [0.15, 0.2) is 12.2 Å². The van der Waals surface area contributed by atoms with Gasteiger partial charge in [0.2, 0.25) is 0 Å². The Balaban J connectivity index is 1.73. The van der Waals surface area contributed by atoms with Gasteiger partial charge in [-0.15, -0.1) is 0 Å². The summed E-state index contributed by atoms with van der Waals surface area (Å²) >= 11 is 0. The SMILES string of the molecule is C1=CCC(NC2CCCCCCC2)CC1. The van der Waals surface area contributed by atoms with Crippen molar-refractivity contribution < 1.29 is 0 Å². The molecule has 1 fully saturated rings. The summed E-state index contributed by atoms with van der Waals surface area (Å²) in [6.07, 6.45) is 18.7. The summed E-state index contributed by atoms with van der Waals surface area (Å²) in [6.45, 7) is 0. The summed E-state index contributed by atoms with van der Waals surface area (Å²) < 4.78 is 0. The van der Waals surface area contributed by atoms with E-state index in [-0.39, 0.29) is 0 Å². The molecule has 0 aromatic rings. The first-order valence-corrected chi connectivity index (χ1v) is 6.86. The predicted molar refractivity (Wildman–Crippen MR) is 66.0 cm³/mol. The van der Waals surface area contributed by atoms with Crippen molar-refractivity contribution >= 4 is 0 Å². The molecular weight excluding hydrogens is 182 g/mol. The molecule has 1 nitrogen and oxygen atoms in total. The van der Waals surface area contributed by atoms with Gasteiger partial charge < -0.3 is 5.32 Å². The second-order valence-corrected chi connectivity index (χ2v) is 5.19. The Hall–Kier alpha value is -0.300. The van der Waals surface area contributed by atoms with E-state index in [2.05, 4.69) is 17.5 Å². The fraction of sp³-hybridized carbons (Fsp3) is 0.857. The normalized spacial score (nSPS) is 29.7. The molecule has 1 unspecified atom stereocenters. The van der Waals surface area contributed by atoms with Crippen LogP contribution in [0.25, 0.3) is 0 Å². The Bertz CT molecular complexity index is 190. The van der Waals surface area contributed by atoms with Gasteiger partial charge in [-0.2, -0.15) is 0 Å². The number of allylic oxidation sites excluding steroid dienone is 1. The molecular formula is C14H25N. The number of rotatable bonds is 2. The van der Waals surface area contributed by atoms with Crippen molar-refractivity contribution in [1.29, 1.82) is 0 Å². The summed E-state index contributed by atoms with van der Waals surface area (Å²) in [5, 5.41) is 3.87. The molecule has 2 aliphatic carbocycles. The molecule has 86 valence electrons. The van der Waals surface area contributed by atoms with E-state index < -0.39 is 0 Å². The van der Waals surface area contributed by atoms with Crippen LogP contribution in [0.1, 0.15) is 64.2 Å². The molecule has 0 aromatic heterocycles. The van der Waals surface area contributed by atoms with E-state index in [1.807, 2.05) is 0 Å². The topological polar surface area (TPSA) is 12.0 Å². The van der Waals surface area contributed by atoms with Gasteiger partial charge in [-0.1, -0.05) is 44.3 Å². The Morgan fingerprint density at radius 2 is 1.47 bits per heavy atom. The molecule has 2 aliphatic rings. The standard InChI is InChI=1S/C14H25N/c1-2-5-9-13(10-6-3-1)15-14-11-7-4-8-12-14/h4,7,13-15H,1-3,5-6,8-12H2. The Morgan fingerprint density at radius 1 is 0.733 bits per heavy atom. The molecule has 0 amide bonds.